The standard InChI is InChI=1S/C14H19N3OS/c1-11-9-17(12(2)8-16(11)10-18)14(19)15-13-6-4-3-5-7-13/h3-7,10-12H,8-9H2,1-2H3,(H,15,19)/t11-,12+/m0/s1. The van der Waals surface area contributed by atoms with E-state index in [0.29, 0.717) is 6.54 Å². The van der Waals surface area contributed by atoms with Crippen LogP contribution in [0.15, 0.2) is 30.3 Å². The van der Waals surface area contributed by atoms with E-state index in [1.54, 1.807) is 0 Å². The number of nitrogens with one attached hydrogen (secondary N) is 1. The largest absolute Gasteiger partial charge is 0.342 e. The predicted molar refractivity (Wildman–Crippen MR) is 81.1 cm³/mol. The molecule has 1 N–H and O–H groups in total. The van der Waals surface area contributed by atoms with E-state index in [1.807, 2.05) is 42.2 Å². The first-order valence-corrected chi connectivity index (χ1v) is 6.86. The highest BCUT2D eigenvalue weighted by molar-refractivity contribution is 7.80. The van der Waals surface area contributed by atoms with Gasteiger partial charge < -0.3 is 15.1 Å². The molecule has 1 aliphatic heterocycles. The summed E-state index contributed by atoms with van der Waals surface area (Å²) in [5, 5.41) is 3.96. The second-order valence-corrected chi connectivity index (χ2v) is 5.34. The molecule has 4 nitrogen and oxygen atoms in total. The first-order chi connectivity index (χ1) is 9.11. The summed E-state index contributed by atoms with van der Waals surface area (Å²) in [5.74, 6) is 0. The maximum Gasteiger partial charge on any atom is 0.210 e. The molecule has 2 rings (SSSR count). The van der Waals surface area contributed by atoms with Crippen molar-refractivity contribution in [1.29, 1.82) is 0 Å². The van der Waals surface area contributed by atoms with Crippen molar-refractivity contribution in [2.24, 2.45) is 0 Å². The van der Waals surface area contributed by atoms with E-state index in [-0.39, 0.29) is 12.1 Å². The normalized spacial score (nSPS) is 23.1. The molecule has 1 saturated heterocycles. The number of piperazine rings is 1. The van der Waals surface area contributed by atoms with Gasteiger partial charge in [0.1, 0.15) is 0 Å². The number of carbonyl (C=O) groups is 1. The van der Waals surface area contributed by atoms with Crippen molar-refractivity contribution in [3.05, 3.63) is 30.3 Å². The predicted octanol–water partition coefficient (Wildman–Crippen LogP) is 1.93. The first-order valence-electron chi connectivity index (χ1n) is 6.45. The molecule has 1 aromatic rings. The third kappa shape index (κ3) is 3.23. The van der Waals surface area contributed by atoms with Crippen LogP contribution in [0.25, 0.3) is 0 Å². The second kappa shape index (κ2) is 6.02. The molecule has 0 radical (unpaired) electrons. The minimum absolute atomic E-state index is 0.184. The SMILES string of the molecule is C[C@@H]1CN(C=O)[C@@H](C)CN1C(=S)Nc1ccccc1. The van der Waals surface area contributed by atoms with Gasteiger partial charge in [-0.25, -0.2) is 0 Å². The summed E-state index contributed by atoms with van der Waals surface area (Å²) in [6, 6.07) is 10.3. The lowest BCUT2D eigenvalue weighted by Crippen LogP contribution is -2.58. The van der Waals surface area contributed by atoms with Crippen molar-refractivity contribution in [3.63, 3.8) is 0 Å². The Morgan fingerprint density at radius 2 is 1.95 bits per heavy atom. The Hall–Kier alpha value is -1.62. The van der Waals surface area contributed by atoms with Crippen LogP contribution in [-0.2, 0) is 4.79 Å². The van der Waals surface area contributed by atoms with Crippen molar-refractivity contribution in [3.8, 4) is 0 Å². The van der Waals surface area contributed by atoms with E-state index in [0.717, 1.165) is 23.8 Å². The summed E-state index contributed by atoms with van der Waals surface area (Å²) in [6.07, 6.45) is 0.923. The highest BCUT2D eigenvalue weighted by Crippen LogP contribution is 2.16. The highest BCUT2D eigenvalue weighted by atomic mass is 32.1. The van der Waals surface area contributed by atoms with E-state index in [4.69, 9.17) is 12.2 Å². The molecule has 19 heavy (non-hydrogen) atoms. The molecule has 0 bridgehead atoms. The van der Waals surface area contributed by atoms with Crippen molar-refractivity contribution < 1.29 is 4.79 Å². The Morgan fingerprint density at radius 3 is 2.58 bits per heavy atom. The van der Waals surface area contributed by atoms with Crippen LogP contribution in [0.5, 0.6) is 0 Å². The van der Waals surface area contributed by atoms with Gasteiger partial charge >= 0.3 is 0 Å². The van der Waals surface area contributed by atoms with Crippen LogP contribution in [-0.4, -0.2) is 46.5 Å². The van der Waals surface area contributed by atoms with Crippen LogP contribution in [0.1, 0.15) is 13.8 Å². The van der Waals surface area contributed by atoms with Crippen LogP contribution in [0, 0.1) is 0 Å². The molecule has 0 saturated carbocycles. The van der Waals surface area contributed by atoms with Gasteiger partial charge in [0.25, 0.3) is 0 Å². The van der Waals surface area contributed by atoms with Crippen LogP contribution in [0.4, 0.5) is 5.69 Å². The fourth-order valence-corrected chi connectivity index (χ4v) is 2.67. The molecule has 0 aromatic heterocycles. The Bertz CT molecular complexity index is 451. The minimum Gasteiger partial charge on any atom is -0.342 e. The van der Waals surface area contributed by atoms with E-state index >= 15 is 0 Å². The Kier molecular flexibility index (Phi) is 4.37. The lowest BCUT2D eigenvalue weighted by molar-refractivity contribution is -0.122. The van der Waals surface area contributed by atoms with E-state index < -0.39 is 0 Å². The number of anilines is 1. The maximum atomic E-state index is 10.9. The zero-order valence-electron chi connectivity index (χ0n) is 11.2. The fraction of sp³-hybridized carbons (Fsp3) is 0.429. The molecular weight excluding hydrogens is 258 g/mol. The van der Waals surface area contributed by atoms with Gasteiger partial charge in [-0.3, -0.25) is 4.79 Å². The third-order valence-electron chi connectivity index (χ3n) is 3.46. The molecular formula is C14H19N3OS. The number of para-hydroxylation sites is 1. The molecule has 2 atom stereocenters. The summed E-state index contributed by atoms with van der Waals surface area (Å²) in [6.45, 7) is 5.60. The zero-order chi connectivity index (χ0) is 13.8. The zero-order valence-corrected chi connectivity index (χ0v) is 12.1. The van der Waals surface area contributed by atoms with Gasteiger partial charge in [-0.05, 0) is 38.2 Å². The second-order valence-electron chi connectivity index (χ2n) is 4.95. The first kappa shape index (κ1) is 13.8. The number of carbonyl (C=O) groups excluding carboxylic acids is 1. The molecule has 1 aromatic carbocycles. The van der Waals surface area contributed by atoms with Crippen LogP contribution < -0.4 is 5.32 Å². The smallest absolute Gasteiger partial charge is 0.210 e. The van der Waals surface area contributed by atoms with Crippen LogP contribution >= 0.6 is 12.2 Å². The number of nitrogens with zero attached hydrogens (tertiary/aromatic N) is 2. The van der Waals surface area contributed by atoms with Gasteiger partial charge in [0.05, 0.1) is 0 Å². The van der Waals surface area contributed by atoms with Crippen molar-refractivity contribution in [2.75, 3.05) is 18.4 Å². The molecule has 5 heteroatoms. The quantitative estimate of drug-likeness (QED) is 0.662. The van der Waals surface area contributed by atoms with Gasteiger partial charge in [0.2, 0.25) is 6.41 Å². The van der Waals surface area contributed by atoms with Gasteiger partial charge in [-0.2, -0.15) is 0 Å². The van der Waals surface area contributed by atoms with Crippen molar-refractivity contribution in [1.82, 2.24) is 9.80 Å². The molecule has 1 heterocycles. The average Bonchev–Trinajstić information content (AvgIpc) is 2.42. The summed E-state index contributed by atoms with van der Waals surface area (Å²) < 4.78 is 0. The summed E-state index contributed by atoms with van der Waals surface area (Å²) in [7, 11) is 0. The number of amides is 1. The van der Waals surface area contributed by atoms with Gasteiger partial charge in [0, 0.05) is 30.9 Å². The Morgan fingerprint density at radius 1 is 1.26 bits per heavy atom. The third-order valence-corrected chi connectivity index (χ3v) is 3.79. The highest BCUT2D eigenvalue weighted by Gasteiger charge is 2.29. The monoisotopic (exact) mass is 277 g/mol. The number of hydrogen-bond acceptors (Lipinski definition) is 2. The Labute approximate surface area is 119 Å². The van der Waals surface area contributed by atoms with Crippen LogP contribution in [0.2, 0.25) is 0 Å². The van der Waals surface area contributed by atoms with E-state index in [2.05, 4.69) is 17.1 Å². The van der Waals surface area contributed by atoms with Crippen molar-refractivity contribution >= 4 is 29.4 Å². The Balaban J connectivity index is 2.01. The molecule has 0 unspecified atom stereocenters. The molecule has 0 aliphatic carbocycles. The van der Waals surface area contributed by atoms with Gasteiger partial charge in [-0.1, -0.05) is 18.2 Å². The van der Waals surface area contributed by atoms with E-state index in [9.17, 15) is 4.79 Å². The molecule has 1 fully saturated rings. The summed E-state index contributed by atoms with van der Waals surface area (Å²) in [5.41, 5.74) is 0.991. The number of hydrogen-bond donors (Lipinski definition) is 1. The van der Waals surface area contributed by atoms with E-state index in [1.165, 1.54) is 0 Å². The summed E-state index contributed by atoms with van der Waals surface area (Å²) >= 11 is 5.47. The van der Waals surface area contributed by atoms with Gasteiger partial charge in [0.15, 0.2) is 5.11 Å². The lowest BCUT2D eigenvalue weighted by atomic mass is 10.1. The van der Waals surface area contributed by atoms with Crippen molar-refractivity contribution in [2.45, 2.75) is 25.9 Å². The lowest BCUT2D eigenvalue weighted by Gasteiger charge is -2.43. The molecule has 1 amide bonds. The number of rotatable bonds is 2. The molecule has 1 aliphatic rings. The summed E-state index contributed by atoms with van der Waals surface area (Å²) in [4.78, 5) is 14.9. The molecule has 0 spiro atoms. The average molecular weight is 277 g/mol. The van der Waals surface area contributed by atoms with Gasteiger partial charge in [-0.15, -0.1) is 0 Å². The number of thiocarbonyl (C=S) groups is 1. The number of benzene rings is 1. The minimum atomic E-state index is 0.184. The van der Waals surface area contributed by atoms with Crippen LogP contribution in [0.3, 0.4) is 0 Å². The maximum absolute atomic E-state index is 10.9. The fourth-order valence-electron chi connectivity index (χ4n) is 2.30. The molecule has 102 valence electrons. The topological polar surface area (TPSA) is 35.6 Å².